The summed E-state index contributed by atoms with van der Waals surface area (Å²) in [6.45, 7) is 10.7. The fourth-order valence-corrected chi connectivity index (χ4v) is 3.79. The first kappa shape index (κ1) is 27.9. The monoisotopic (exact) mass is 488 g/mol. The van der Waals surface area contributed by atoms with Crippen LogP contribution in [-0.4, -0.2) is 79.7 Å². The van der Waals surface area contributed by atoms with Crippen LogP contribution < -0.4 is 0 Å². The van der Waals surface area contributed by atoms with E-state index in [1.165, 1.54) is 14.2 Å². The highest BCUT2D eigenvalue weighted by atomic mass is 16.6. The van der Waals surface area contributed by atoms with Crippen LogP contribution in [0.4, 0.5) is 4.79 Å². The van der Waals surface area contributed by atoms with Gasteiger partial charge >= 0.3 is 18.0 Å². The summed E-state index contributed by atoms with van der Waals surface area (Å²) in [6, 6.07) is 6.89. The standard InChI is InChI=1S/C26H36N2O7/c1-17(2)21(24(31)34-7)20(23(30)33-6)16-18-8-10-19(11-9-18)22(29)27-12-14-28(15-13-27)25(32)35-26(3,4)5/h8-11,17H,12-16H2,1-7H3. The minimum atomic E-state index is -0.595. The number of methoxy groups -OCH3 is 2. The predicted molar refractivity (Wildman–Crippen MR) is 130 cm³/mol. The first-order chi connectivity index (χ1) is 16.4. The van der Waals surface area contributed by atoms with E-state index in [1.807, 2.05) is 20.8 Å². The molecule has 1 heterocycles. The summed E-state index contributed by atoms with van der Waals surface area (Å²) in [4.78, 5) is 53.2. The van der Waals surface area contributed by atoms with E-state index >= 15 is 0 Å². The third-order valence-electron chi connectivity index (χ3n) is 5.54. The molecular formula is C26H36N2O7. The number of esters is 2. The van der Waals surface area contributed by atoms with Gasteiger partial charge in [-0.25, -0.2) is 14.4 Å². The molecule has 0 bridgehead atoms. The maximum absolute atomic E-state index is 13.0. The molecule has 2 amide bonds. The molecule has 1 fully saturated rings. The first-order valence-corrected chi connectivity index (χ1v) is 11.6. The average molecular weight is 489 g/mol. The lowest BCUT2D eigenvalue weighted by atomic mass is 9.92. The number of hydrogen-bond donors (Lipinski definition) is 0. The van der Waals surface area contributed by atoms with Gasteiger partial charge < -0.3 is 24.0 Å². The molecule has 1 aliphatic rings. The number of amides is 2. The van der Waals surface area contributed by atoms with Gasteiger partial charge in [-0.3, -0.25) is 4.79 Å². The van der Waals surface area contributed by atoms with Crippen molar-refractivity contribution in [2.45, 2.75) is 46.6 Å². The normalized spacial score (nSPS) is 14.9. The second-order valence-corrected chi connectivity index (χ2v) is 9.66. The van der Waals surface area contributed by atoms with Crippen LogP contribution in [0.3, 0.4) is 0 Å². The maximum atomic E-state index is 13.0. The lowest BCUT2D eigenvalue weighted by Crippen LogP contribution is -2.51. The third kappa shape index (κ3) is 7.56. The van der Waals surface area contributed by atoms with Gasteiger partial charge in [0.15, 0.2) is 0 Å². The summed E-state index contributed by atoms with van der Waals surface area (Å²) in [5, 5.41) is 0. The molecule has 0 atom stereocenters. The fourth-order valence-electron chi connectivity index (χ4n) is 3.79. The molecule has 1 aromatic rings. The molecular weight excluding hydrogens is 452 g/mol. The molecule has 0 saturated carbocycles. The summed E-state index contributed by atoms with van der Waals surface area (Å²) in [7, 11) is 2.54. The predicted octanol–water partition coefficient (Wildman–Crippen LogP) is 3.22. The minimum absolute atomic E-state index is 0.137. The van der Waals surface area contributed by atoms with Gasteiger partial charge in [-0.05, 0) is 44.4 Å². The van der Waals surface area contributed by atoms with E-state index in [-0.39, 0.29) is 35.5 Å². The molecule has 1 saturated heterocycles. The van der Waals surface area contributed by atoms with Crippen molar-refractivity contribution in [2.75, 3.05) is 40.4 Å². The van der Waals surface area contributed by atoms with Crippen molar-refractivity contribution >= 4 is 23.9 Å². The molecule has 0 unspecified atom stereocenters. The molecule has 192 valence electrons. The minimum Gasteiger partial charge on any atom is -0.466 e. The number of hydrogen-bond acceptors (Lipinski definition) is 7. The Morgan fingerprint density at radius 2 is 1.37 bits per heavy atom. The van der Waals surface area contributed by atoms with Crippen LogP contribution in [0.2, 0.25) is 0 Å². The first-order valence-electron chi connectivity index (χ1n) is 11.6. The molecule has 1 aliphatic heterocycles. The average Bonchev–Trinajstić information content (AvgIpc) is 2.81. The lowest BCUT2D eigenvalue weighted by molar-refractivity contribution is -0.139. The summed E-state index contributed by atoms with van der Waals surface area (Å²) in [6.07, 6.45) is -0.214. The number of rotatable bonds is 6. The van der Waals surface area contributed by atoms with Crippen molar-refractivity contribution in [3.8, 4) is 0 Å². The van der Waals surface area contributed by atoms with Gasteiger partial charge in [-0.1, -0.05) is 26.0 Å². The van der Waals surface area contributed by atoms with Gasteiger partial charge in [0.2, 0.25) is 0 Å². The van der Waals surface area contributed by atoms with Crippen LogP contribution in [0.15, 0.2) is 35.4 Å². The Kier molecular flexibility index (Phi) is 9.45. The van der Waals surface area contributed by atoms with Crippen molar-refractivity contribution < 1.29 is 33.4 Å². The SMILES string of the molecule is COC(=O)C(Cc1ccc(C(=O)N2CCN(C(=O)OC(C)(C)C)CC2)cc1)=C(C(=O)OC)C(C)C. The summed E-state index contributed by atoms with van der Waals surface area (Å²) >= 11 is 0. The molecule has 35 heavy (non-hydrogen) atoms. The quantitative estimate of drug-likeness (QED) is 0.344. The van der Waals surface area contributed by atoms with E-state index in [2.05, 4.69) is 0 Å². The Morgan fingerprint density at radius 1 is 0.857 bits per heavy atom. The molecule has 0 aliphatic carbocycles. The van der Waals surface area contributed by atoms with Crippen LogP contribution in [0.5, 0.6) is 0 Å². The molecule has 2 rings (SSSR count). The van der Waals surface area contributed by atoms with Crippen LogP contribution in [-0.2, 0) is 30.2 Å². The zero-order valence-corrected chi connectivity index (χ0v) is 21.7. The zero-order valence-electron chi connectivity index (χ0n) is 21.7. The molecule has 0 spiro atoms. The summed E-state index contributed by atoms with van der Waals surface area (Å²) in [5.41, 5.74) is 1.18. The van der Waals surface area contributed by atoms with E-state index in [0.29, 0.717) is 31.7 Å². The molecule has 9 heteroatoms. The van der Waals surface area contributed by atoms with Gasteiger partial charge in [0.25, 0.3) is 5.91 Å². The van der Waals surface area contributed by atoms with Crippen molar-refractivity contribution in [1.82, 2.24) is 9.80 Å². The number of carbonyl (C=O) groups is 4. The second-order valence-electron chi connectivity index (χ2n) is 9.66. The van der Waals surface area contributed by atoms with Gasteiger partial charge in [0, 0.05) is 38.2 Å². The van der Waals surface area contributed by atoms with Crippen molar-refractivity contribution in [1.29, 1.82) is 0 Å². The lowest BCUT2D eigenvalue weighted by Gasteiger charge is -2.35. The highest BCUT2D eigenvalue weighted by Crippen LogP contribution is 2.22. The number of benzene rings is 1. The van der Waals surface area contributed by atoms with E-state index < -0.39 is 17.5 Å². The second kappa shape index (κ2) is 11.9. The van der Waals surface area contributed by atoms with Gasteiger partial charge in [-0.2, -0.15) is 0 Å². The Morgan fingerprint density at radius 3 is 1.83 bits per heavy atom. The Hall–Kier alpha value is -3.36. The van der Waals surface area contributed by atoms with Gasteiger partial charge in [0.05, 0.1) is 25.4 Å². The van der Waals surface area contributed by atoms with Crippen molar-refractivity contribution in [3.63, 3.8) is 0 Å². The third-order valence-corrected chi connectivity index (χ3v) is 5.54. The summed E-state index contributed by atoms with van der Waals surface area (Å²) < 4.78 is 15.2. The highest BCUT2D eigenvalue weighted by Gasteiger charge is 2.28. The van der Waals surface area contributed by atoms with Crippen LogP contribution in [0, 0.1) is 5.92 Å². The summed E-state index contributed by atoms with van der Waals surface area (Å²) in [5.74, 6) is -1.54. The molecule has 0 radical (unpaired) electrons. The molecule has 0 N–H and O–H groups in total. The van der Waals surface area contributed by atoms with E-state index in [4.69, 9.17) is 14.2 Å². The maximum Gasteiger partial charge on any atom is 0.410 e. The van der Waals surface area contributed by atoms with E-state index in [9.17, 15) is 19.2 Å². The molecule has 0 aromatic heterocycles. The Balaban J connectivity index is 2.11. The Bertz CT molecular complexity index is 966. The number of nitrogens with zero attached hydrogens (tertiary/aromatic N) is 2. The van der Waals surface area contributed by atoms with Crippen LogP contribution in [0.25, 0.3) is 0 Å². The Labute approximate surface area is 207 Å². The number of piperazine rings is 1. The number of carbonyl (C=O) groups excluding carboxylic acids is 4. The fraction of sp³-hybridized carbons (Fsp3) is 0.538. The van der Waals surface area contributed by atoms with E-state index in [0.717, 1.165) is 5.56 Å². The number of ether oxygens (including phenoxy) is 3. The molecule has 1 aromatic carbocycles. The topological polar surface area (TPSA) is 102 Å². The van der Waals surface area contributed by atoms with Gasteiger partial charge in [-0.15, -0.1) is 0 Å². The highest BCUT2D eigenvalue weighted by molar-refractivity contribution is 6.01. The van der Waals surface area contributed by atoms with E-state index in [1.54, 1.807) is 47.9 Å². The van der Waals surface area contributed by atoms with Crippen molar-refractivity contribution in [2.24, 2.45) is 5.92 Å². The smallest absolute Gasteiger partial charge is 0.410 e. The van der Waals surface area contributed by atoms with Crippen molar-refractivity contribution in [3.05, 3.63) is 46.5 Å². The van der Waals surface area contributed by atoms with Gasteiger partial charge in [0.1, 0.15) is 5.60 Å². The largest absolute Gasteiger partial charge is 0.466 e. The van der Waals surface area contributed by atoms with Crippen LogP contribution in [0.1, 0.15) is 50.5 Å². The molecule has 9 nitrogen and oxygen atoms in total. The zero-order chi connectivity index (χ0) is 26.3. The van der Waals surface area contributed by atoms with Crippen LogP contribution >= 0.6 is 0 Å².